The zero-order chi connectivity index (χ0) is 25.2. The molecule has 1 amide bonds. The van der Waals surface area contributed by atoms with Gasteiger partial charge in [0.25, 0.3) is 0 Å². The molecule has 2 N–H and O–H groups in total. The van der Waals surface area contributed by atoms with Gasteiger partial charge in [0.15, 0.2) is 0 Å². The van der Waals surface area contributed by atoms with Crippen molar-refractivity contribution >= 4 is 12.1 Å². The van der Waals surface area contributed by atoms with Crippen LogP contribution in [0.15, 0.2) is 60.2 Å². The largest absolute Gasteiger partial charge is 0.461 e. The Bertz CT molecular complexity index is 1020. The molecule has 35 heavy (non-hydrogen) atoms. The molecule has 0 radical (unpaired) electrons. The second-order valence-electron chi connectivity index (χ2n) is 9.26. The molecule has 0 spiro atoms. The molecular weight excluding hydrogens is 440 g/mol. The third-order valence-corrected chi connectivity index (χ3v) is 6.37. The number of nitrogens with zero attached hydrogens (tertiary/aromatic N) is 1. The zero-order valence-corrected chi connectivity index (χ0v) is 21.2. The van der Waals surface area contributed by atoms with Crippen molar-refractivity contribution in [2.75, 3.05) is 13.2 Å². The first-order valence-corrected chi connectivity index (χ1v) is 12.6. The molecule has 0 aromatic heterocycles. The number of carbonyl (C=O) groups is 2. The average molecular weight is 479 g/mol. The molecule has 188 valence electrons. The fourth-order valence-electron chi connectivity index (χ4n) is 4.47. The van der Waals surface area contributed by atoms with Crippen LogP contribution in [0.5, 0.6) is 0 Å². The number of hydrogen-bond acceptors (Lipinski definition) is 5. The van der Waals surface area contributed by atoms with Crippen LogP contribution in [-0.4, -0.2) is 36.2 Å². The number of ether oxygens (including phenoxy) is 2. The van der Waals surface area contributed by atoms with Crippen LogP contribution in [0.25, 0.3) is 0 Å². The van der Waals surface area contributed by atoms with Crippen molar-refractivity contribution in [3.05, 3.63) is 82.4 Å². The number of esters is 1. The van der Waals surface area contributed by atoms with E-state index in [4.69, 9.17) is 15.2 Å². The van der Waals surface area contributed by atoms with E-state index in [9.17, 15) is 9.59 Å². The summed E-state index contributed by atoms with van der Waals surface area (Å²) in [5.41, 5.74) is 11.3. The highest BCUT2D eigenvalue weighted by Crippen LogP contribution is 2.30. The summed E-state index contributed by atoms with van der Waals surface area (Å²) < 4.78 is 11.4. The molecule has 1 aliphatic carbocycles. The minimum absolute atomic E-state index is 0.00411. The maximum Gasteiger partial charge on any atom is 0.410 e. The van der Waals surface area contributed by atoms with E-state index >= 15 is 0 Å². The summed E-state index contributed by atoms with van der Waals surface area (Å²) in [5.74, 6) is -0.421. The first-order valence-electron chi connectivity index (χ1n) is 12.6. The number of benzene rings is 2. The number of carbonyl (C=O) groups excluding carboxylic acids is 2. The fourth-order valence-corrected chi connectivity index (χ4v) is 4.47. The van der Waals surface area contributed by atoms with Crippen molar-refractivity contribution in [1.29, 1.82) is 0 Å². The molecule has 0 fully saturated rings. The number of rotatable bonds is 11. The maximum atomic E-state index is 13.2. The van der Waals surface area contributed by atoms with Gasteiger partial charge in [0.2, 0.25) is 0 Å². The average Bonchev–Trinajstić information content (AvgIpc) is 2.86. The van der Waals surface area contributed by atoms with Crippen molar-refractivity contribution in [2.45, 2.75) is 71.6 Å². The number of nitrogens with two attached hydrogens (primary N) is 1. The molecule has 0 bridgehead atoms. The lowest BCUT2D eigenvalue weighted by Gasteiger charge is -2.26. The van der Waals surface area contributed by atoms with E-state index in [1.165, 1.54) is 21.6 Å². The van der Waals surface area contributed by atoms with Crippen LogP contribution in [0.3, 0.4) is 0 Å². The van der Waals surface area contributed by atoms with E-state index in [1.54, 1.807) is 0 Å². The molecule has 2 aromatic carbocycles. The SMILES string of the molecule is CCCC(CC)OC(=O)CN(Cc1ccc(CN)cc1)C(=O)OCC1C=C(C)Cc2ccccc21. The zero-order valence-electron chi connectivity index (χ0n) is 21.2. The van der Waals surface area contributed by atoms with Gasteiger partial charge in [-0.25, -0.2) is 4.79 Å². The first kappa shape index (κ1) is 26.5. The third-order valence-electron chi connectivity index (χ3n) is 6.37. The number of fused-ring (bicyclic) bond motifs is 1. The molecule has 0 saturated carbocycles. The quantitative estimate of drug-likeness (QED) is 0.341. The lowest BCUT2D eigenvalue weighted by molar-refractivity contribution is -0.150. The topological polar surface area (TPSA) is 81.9 Å². The predicted molar refractivity (Wildman–Crippen MR) is 138 cm³/mol. The van der Waals surface area contributed by atoms with Gasteiger partial charge < -0.3 is 15.2 Å². The molecule has 6 nitrogen and oxygen atoms in total. The summed E-state index contributed by atoms with van der Waals surface area (Å²) in [5, 5.41) is 0. The molecule has 2 unspecified atom stereocenters. The molecular formula is C29H38N2O4. The predicted octanol–water partition coefficient (Wildman–Crippen LogP) is 5.49. The van der Waals surface area contributed by atoms with E-state index in [2.05, 4.69) is 32.1 Å². The van der Waals surface area contributed by atoms with Crippen LogP contribution in [0, 0.1) is 0 Å². The van der Waals surface area contributed by atoms with Gasteiger partial charge in [0.05, 0.1) is 0 Å². The van der Waals surface area contributed by atoms with E-state index in [0.717, 1.165) is 36.8 Å². The molecule has 6 heteroatoms. The van der Waals surface area contributed by atoms with Crippen LogP contribution in [0.4, 0.5) is 4.79 Å². The normalized spacial score (nSPS) is 15.5. The van der Waals surface area contributed by atoms with Gasteiger partial charge >= 0.3 is 12.1 Å². The van der Waals surface area contributed by atoms with Gasteiger partial charge in [-0.05, 0) is 48.4 Å². The van der Waals surface area contributed by atoms with Crippen LogP contribution in [0.1, 0.15) is 68.2 Å². The summed E-state index contributed by atoms with van der Waals surface area (Å²) in [6.07, 6.45) is 4.89. The molecule has 3 rings (SSSR count). The monoisotopic (exact) mass is 478 g/mol. The molecule has 0 aliphatic heterocycles. The molecule has 2 atom stereocenters. The molecule has 1 aliphatic rings. The first-order chi connectivity index (χ1) is 16.9. The molecule has 2 aromatic rings. The van der Waals surface area contributed by atoms with Crippen LogP contribution >= 0.6 is 0 Å². The van der Waals surface area contributed by atoms with Crippen molar-refractivity contribution in [3.8, 4) is 0 Å². The fraction of sp³-hybridized carbons (Fsp3) is 0.448. The Kier molecular flexibility index (Phi) is 9.91. The van der Waals surface area contributed by atoms with Crippen LogP contribution < -0.4 is 5.73 Å². The Labute approximate surface area is 209 Å². The number of hydrogen-bond donors (Lipinski definition) is 1. The Morgan fingerprint density at radius 3 is 2.49 bits per heavy atom. The maximum absolute atomic E-state index is 13.2. The summed E-state index contributed by atoms with van der Waals surface area (Å²) in [4.78, 5) is 27.3. The lowest BCUT2D eigenvalue weighted by Crippen LogP contribution is -2.38. The van der Waals surface area contributed by atoms with E-state index in [-0.39, 0.29) is 31.7 Å². The molecule has 0 heterocycles. The second-order valence-corrected chi connectivity index (χ2v) is 9.26. The Morgan fingerprint density at radius 1 is 1.09 bits per heavy atom. The highest BCUT2D eigenvalue weighted by molar-refractivity contribution is 5.78. The van der Waals surface area contributed by atoms with Crippen LogP contribution in [0.2, 0.25) is 0 Å². The van der Waals surface area contributed by atoms with Crippen molar-refractivity contribution < 1.29 is 19.1 Å². The minimum Gasteiger partial charge on any atom is -0.461 e. The lowest BCUT2D eigenvalue weighted by atomic mass is 9.85. The second kappa shape index (κ2) is 13.1. The molecule has 0 saturated heterocycles. The van der Waals surface area contributed by atoms with Gasteiger partial charge in [0, 0.05) is 19.0 Å². The highest BCUT2D eigenvalue weighted by atomic mass is 16.6. The standard InChI is InChI=1S/C29H38N2O4/c1-4-8-26(5-2)35-28(32)19-31(18-23-13-11-22(17-30)12-14-23)29(33)34-20-25-16-21(3)15-24-9-6-7-10-27(24)25/h6-7,9-14,16,25-26H,4-5,8,15,17-20,30H2,1-3H3. The summed E-state index contributed by atoms with van der Waals surface area (Å²) in [6.45, 7) is 6.91. The Balaban J connectivity index is 1.70. The van der Waals surface area contributed by atoms with Crippen molar-refractivity contribution in [1.82, 2.24) is 4.90 Å². The number of allylic oxidation sites excluding steroid dienone is 1. The summed E-state index contributed by atoms with van der Waals surface area (Å²) >= 11 is 0. The number of amides is 1. The Morgan fingerprint density at radius 2 is 1.80 bits per heavy atom. The van der Waals surface area contributed by atoms with Gasteiger partial charge in [-0.1, -0.05) is 80.4 Å². The van der Waals surface area contributed by atoms with Crippen molar-refractivity contribution in [2.24, 2.45) is 5.73 Å². The highest BCUT2D eigenvalue weighted by Gasteiger charge is 2.25. The summed E-state index contributed by atoms with van der Waals surface area (Å²) in [7, 11) is 0. The van der Waals surface area contributed by atoms with E-state index < -0.39 is 12.1 Å². The van der Waals surface area contributed by atoms with Crippen LogP contribution in [-0.2, 0) is 33.8 Å². The van der Waals surface area contributed by atoms with E-state index in [0.29, 0.717) is 6.54 Å². The Hall–Kier alpha value is -3.12. The van der Waals surface area contributed by atoms with Gasteiger partial charge in [-0.15, -0.1) is 0 Å². The van der Waals surface area contributed by atoms with E-state index in [1.807, 2.05) is 43.3 Å². The smallest absolute Gasteiger partial charge is 0.410 e. The third kappa shape index (κ3) is 7.69. The minimum atomic E-state index is -0.525. The summed E-state index contributed by atoms with van der Waals surface area (Å²) in [6, 6.07) is 15.9. The van der Waals surface area contributed by atoms with Gasteiger partial charge in [-0.3, -0.25) is 9.69 Å². The van der Waals surface area contributed by atoms with Gasteiger partial charge in [0.1, 0.15) is 19.3 Å². The van der Waals surface area contributed by atoms with Crippen molar-refractivity contribution in [3.63, 3.8) is 0 Å². The van der Waals surface area contributed by atoms with Gasteiger partial charge in [-0.2, -0.15) is 0 Å².